The van der Waals surface area contributed by atoms with E-state index in [4.69, 9.17) is 4.52 Å². The van der Waals surface area contributed by atoms with Crippen LogP contribution in [-0.2, 0) is 6.54 Å². The Balaban J connectivity index is 1.24. The maximum Gasteiger partial charge on any atom is 0.319 e. The Morgan fingerprint density at radius 3 is 2.84 bits per heavy atom. The molecule has 1 saturated heterocycles. The van der Waals surface area contributed by atoms with Crippen molar-refractivity contribution >= 4 is 11.7 Å². The second kappa shape index (κ2) is 6.79. The second-order valence-electron chi connectivity index (χ2n) is 6.65. The lowest BCUT2D eigenvalue weighted by Gasteiger charge is -2.15. The predicted octanol–water partition coefficient (Wildman–Crippen LogP) is 2.48. The molecule has 1 aromatic heterocycles. The highest BCUT2D eigenvalue weighted by atomic mass is 19.1. The van der Waals surface area contributed by atoms with Gasteiger partial charge in [-0.15, -0.1) is 0 Å². The normalized spacial score (nSPS) is 20.6. The largest absolute Gasteiger partial charge is 0.338 e. The van der Waals surface area contributed by atoms with Gasteiger partial charge in [0.1, 0.15) is 5.82 Å². The number of rotatable bonds is 5. The minimum Gasteiger partial charge on any atom is -0.338 e. The van der Waals surface area contributed by atoms with Crippen molar-refractivity contribution in [3.8, 4) is 0 Å². The zero-order valence-corrected chi connectivity index (χ0v) is 13.7. The zero-order valence-electron chi connectivity index (χ0n) is 13.7. The summed E-state index contributed by atoms with van der Waals surface area (Å²) in [6.45, 7) is 2.21. The van der Waals surface area contributed by atoms with E-state index >= 15 is 0 Å². The van der Waals surface area contributed by atoms with E-state index in [9.17, 15) is 9.18 Å². The summed E-state index contributed by atoms with van der Waals surface area (Å²) in [5.41, 5.74) is 0.562. The van der Waals surface area contributed by atoms with E-state index in [0.29, 0.717) is 24.0 Å². The third-order valence-electron chi connectivity index (χ3n) is 4.49. The van der Waals surface area contributed by atoms with E-state index in [0.717, 1.165) is 38.2 Å². The van der Waals surface area contributed by atoms with Crippen molar-refractivity contribution in [2.24, 2.45) is 0 Å². The van der Waals surface area contributed by atoms with Crippen LogP contribution in [-0.4, -0.2) is 40.2 Å². The van der Waals surface area contributed by atoms with Crippen LogP contribution >= 0.6 is 0 Å². The average Bonchev–Trinajstić information content (AvgIpc) is 3.19. The maximum absolute atomic E-state index is 12.9. The Labute approximate surface area is 144 Å². The van der Waals surface area contributed by atoms with Gasteiger partial charge in [-0.25, -0.2) is 9.18 Å². The first-order valence-electron chi connectivity index (χ1n) is 8.53. The zero-order chi connectivity index (χ0) is 17.2. The molecular weight excluding hydrogens is 325 g/mol. The van der Waals surface area contributed by atoms with Gasteiger partial charge in [0.15, 0.2) is 5.82 Å². The number of anilines is 1. The molecule has 8 heteroatoms. The number of urea groups is 1. The fraction of sp³-hybridized carbons (Fsp3) is 0.471. The molecule has 25 heavy (non-hydrogen) atoms. The van der Waals surface area contributed by atoms with Crippen molar-refractivity contribution in [3.63, 3.8) is 0 Å². The molecule has 1 aliphatic carbocycles. The van der Waals surface area contributed by atoms with Gasteiger partial charge in [0, 0.05) is 30.7 Å². The first-order valence-corrected chi connectivity index (χ1v) is 8.53. The van der Waals surface area contributed by atoms with Gasteiger partial charge in [-0.05, 0) is 43.5 Å². The van der Waals surface area contributed by atoms with Gasteiger partial charge in [0.25, 0.3) is 0 Å². The lowest BCUT2D eigenvalue weighted by Crippen LogP contribution is -2.39. The summed E-state index contributed by atoms with van der Waals surface area (Å²) in [7, 11) is 0. The number of halogens is 1. The molecule has 0 radical (unpaired) electrons. The smallest absolute Gasteiger partial charge is 0.319 e. The van der Waals surface area contributed by atoms with Crippen LogP contribution in [0.2, 0.25) is 0 Å². The predicted molar refractivity (Wildman–Crippen MR) is 88.5 cm³/mol. The summed E-state index contributed by atoms with van der Waals surface area (Å²) in [5.74, 6) is 1.62. The summed E-state index contributed by atoms with van der Waals surface area (Å²) < 4.78 is 18.2. The molecule has 0 bridgehead atoms. The Kier molecular flexibility index (Phi) is 4.35. The molecule has 2 aromatic rings. The van der Waals surface area contributed by atoms with Gasteiger partial charge in [0.2, 0.25) is 5.89 Å². The molecule has 2 amide bonds. The van der Waals surface area contributed by atoms with Crippen LogP contribution in [0.4, 0.5) is 14.9 Å². The van der Waals surface area contributed by atoms with Gasteiger partial charge in [-0.3, -0.25) is 4.90 Å². The molecule has 2 fully saturated rings. The Morgan fingerprint density at radius 2 is 2.08 bits per heavy atom. The number of hydrogen-bond donors (Lipinski definition) is 2. The van der Waals surface area contributed by atoms with Crippen LogP contribution < -0.4 is 10.6 Å². The molecular formula is C17H20FN5O2. The van der Waals surface area contributed by atoms with E-state index in [1.165, 1.54) is 24.3 Å². The first kappa shape index (κ1) is 16.0. The topological polar surface area (TPSA) is 83.3 Å². The van der Waals surface area contributed by atoms with Crippen molar-refractivity contribution in [2.45, 2.75) is 37.8 Å². The average molecular weight is 345 g/mol. The van der Waals surface area contributed by atoms with Crippen LogP contribution in [0.15, 0.2) is 28.8 Å². The summed E-state index contributed by atoms with van der Waals surface area (Å²) in [6, 6.07) is 5.46. The summed E-state index contributed by atoms with van der Waals surface area (Å²) >= 11 is 0. The van der Waals surface area contributed by atoms with Gasteiger partial charge in [0.05, 0.1) is 6.54 Å². The highest BCUT2D eigenvalue weighted by molar-refractivity contribution is 5.89. The number of carbonyl (C=O) groups is 1. The van der Waals surface area contributed by atoms with E-state index in [1.54, 1.807) is 0 Å². The summed E-state index contributed by atoms with van der Waals surface area (Å²) in [5, 5.41) is 9.67. The van der Waals surface area contributed by atoms with Crippen molar-refractivity contribution in [2.75, 3.05) is 18.4 Å². The number of likely N-dealkylation sites (tertiary alicyclic amines) is 1. The number of nitrogens with zero attached hydrogens (tertiary/aromatic N) is 3. The lowest BCUT2D eigenvalue weighted by molar-refractivity contribution is 0.244. The van der Waals surface area contributed by atoms with Gasteiger partial charge >= 0.3 is 6.03 Å². The molecule has 2 aliphatic rings. The minimum absolute atomic E-state index is 0.0614. The molecule has 1 aromatic carbocycles. The monoisotopic (exact) mass is 345 g/mol. The minimum atomic E-state index is -0.330. The van der Waals surface area contributed by atoms with Crippen molar-refractivity contribution < 1.29 is 13.7 Å². The van der Waals surface area contributed by atoms with Crippen molar-refractivity contribution in [3.05, 3.63) is 41.8 Å². The fourth-order valence-electron chi connectivity index (χ4n) is 3.01. The quantitative estimate of drug-likeness (QED) is 0.870. The van der Waals surface area contributed by atoms with E-state index < -0.39 is 0 Å². The number of carbonyl (C=O) groups excluding carboxylic acids is 1. The van der Waals surface area contributed by atoms with Gasteiger partial charge < -0.3 is 15.2 Å². The number of benzene rings is 1. The molecule has 4 rings (SSSR count). The molecule has 1 saturated carbocycles. The van der Waals surface area contributed by atoms with Crippen molar-refractivity contribution in [1.82, 2.24) is 20.4 Å². The molecule has 1 aliphatic heterocycles. The third kappa shape index (κ3) is 4.14. The molecule has 2 heterocycles. The second-order valence-corrected chi connectivity index (χ2v) is 6.65. The number of amides is 2. The van der Waals surface area contributed by atoms with Crippen molar-refractivity contribution in [1.29, 1.82) is 0 Å². The maximum atomic E-state index is 12.9. The Hall–Kier alpha value is -2.48. The highest BCUT2D eigenvalue weighted by Gasteiger charge is 2.30. The van der Waals surface area contributed by atoms with Crippen LogP contribution in [0.25, 0.3) is 0 Å². The molecule has 2 N–H and O–H groups in total. The van der Waals surface area contributed by atoms with E-state index in [2.05, 4.69) is 25.7 Å². The SMILES string of the molecule is O=C(Nc1ccc(F)cc1)N[C@@H]1CCN(Cc2nc(C3CC3)no2)C1. The van der Waals surface area contributed by atoms with E-state index in [1.807, 2.05) is 0 Å². The van der Waals surface area contributed by atoms with Crippen LogP contribution in [0.1, 0.15) is 36.9 Å². The van der Waals surface area contributed by atoms with Gasteiger partial charge in [-0.1, -0.05) is 5.16 Å². The Bertz CT molecular complexity index is 744. The molecule has 0 unspecified atom stereocenters. The van der Waals surface area contributed by atoms with E-state index in [-0.39, 0.29) is 17.9 Å². The third-order valence-corrected chi connectivity index (χ3v) is 4.49. The molecule has 0 spiro atoms. The highest BCUT2D eigenvalue weighted by Crippen LogP contribution is 2.38. The summed E-state index contributed by atoms with van der Waals surface area (Å²) in [4.78, 5) is 18.7. The van der Waals surface area contributed by atoms with Gasteiger partial charge in [-0.2, -0.15) is 4.98 Å². The van der Waals surface area contributed by atoms with Crippen LogP contribution in [0, 0.1) is 5.82 Å². The number of aromatic nitrogens is 2. The molecule has 7 nitrogen and oxygen atoms in total. The molecule has 1 atom stereocenters. The first-order chi connectivity index (χ1) is 12.2. The number of hydrogen-bond acceptors (Lipinski definition) is 5. The Morgan fingerprint density at radius 1 is 1.28 bits per heavy atom. The molecule has 132 valence electrons. The summed E-state index contributed by atoms with van der Waals surface area (Å²) in [6.07, 6.45) is 3.16. The standard InChI is InChI=1S/C17H20FN5O2/c18-12-3-5-13(6-4-12)19-17(24)20-14-7-8-23(9-14)10-15-21-16(22-25-15)11-1-2-11/h3-6,11,14H,1-2,7-10H2,(H2,19,20,24)/t14-/m1/s1. The van der Waals surface area contributed by atoms with Crippen LogP contribution in [0.3, 0.4) is 0 Å². The fourth-order valence-corrected chi connectivity index (χ4v) is 3.01. The van der Waals surface area contributed by atoms with Crippen LogP contribution in [0.5, 0.6) is 0 Å². The lowest BCUT2D eigenvalue weighted by atomic mass is 10.3. The number of nitrogens with one attached hydrogen (secondary N) is 2.